The topological polar surface area (TPSA) is 146 Å². The highest BCUT2D eigenvalue weighted by atomic mass is 16.6. The second-order valence-electron chi connectivity index (χ2n) is 4.72. The summed E-state index contributed by atoms with van der Waals surface area (Å²) in [5.74, 6) is 0.385. The fourth-order valence-corrected chi connectivity index (χ4v) is 2.41. The molecule has 3 heterocycles. The Hall–Kier alpha value is -2.01. The van der Waals surface area contributed by atoms with Crippen LogP contribution in [0.1, 0.15) is 6.23 Å². The first-order chi connectivity index (χ1) is 10.1. The number of aromatic amines is 1. The lowest BCUT2D eigenvalue weighted by molar-refractivity contribution is -0.0511. The molecule has 0 spiro atoms. The van der Waals surface area contributed by atoms with Gasteiger partial charge in [-0.15, -0.1) is 0 Å². The summed E-state index contributed by atoms with van der Waals surface area (Å²) in [7, 11) is 1.62. The van der Waals surface area contributed by atoms with Crippen LogP contribution < -0.4 is 11.0 Å². The van der Waals surface area contributed by atoms with Crippen LogP contribution in [-0.4, -0.2) is 66.8 Å². The normalized spacial score (nSPS) is 29.1. The van der Waals surface area contributed by atoms with Crippen molar-refractivity contribution in [2.75, 3.05) is 19.0 Å². The number of rotatable bonds is 3. The van der Waals surface area contributed by atoms with Crippen molar-refractivity contribution in [3.8, 4) is 0 Å². The minimum absolute atomic E-state index is 0.206. The average molecular weight is 297 g/mol. The van der Waals surface area contributed by atoms with Crippen LogP contribution in [0.15, 0.2) is 11.1 Å². The first kappa shape index (κ1) is 13.9. The van der Waals surface area contributed by atoms with E-state index >= 15 is 0 Å². The predicted molar refractivity (Wildman–Crippen MR) is 70.7 cm³/mol. The fraction of sp³-hybridized carbons (Fsp3) is 0.545. The Bertz CT molecular complexity index is 713. The quantitative estimate of drug-likeness (QED) is 0.428. The van der Waals surface area contributed by atoms with Crippen LogP contribution in [0.4, 0.5) is 5.82 Å². The third-order valence-electron chi connectivity index (χ3n) is 3.49. The van der Waals surface area contributed by atoms with Gasteiger partial charge in [0.15, 0.2) is 11.9 Å². The Morgan fingerprint density at radius 1 is 1.48 bits per heavy atom. The molecule has 3 rings (SSSR count). The summed E-state index contributed by atoms with van der Waals surface area (Å²) in [6.45, 7) is -0.433. The maximum atomic E-state index is 11.6. The Labute approximate surface area is 118 Å². The van der Waals surface area contributed by atoms with E-state index in [9.17, 15) is 15.0 Å². The van der Waals surface area contributed by atoms with Crippen molar-refractivity contribution in [3.63, 3.8) is 0 Å². The highest BCUT2D eigenvalue weighted by molar-refractivity contribution is 5.82. The third kappa shape index (κ3) is 2.08. The van der Waals surface area contributed by atoms with Gasteiger partial charge in [0.25, 0.3) is 0 Å². The summed E-state index contributed by atoms with van der Waals surface area (Å²) in [5.41, 5.74) is 0.0214. The van der Waals surface area contributed by atoms with Crippen LogP contribution in [0.3, 0.4) is 0 Å². The molecule has 0 amide bonds. The van der Waals surface area contributed by atoms with Crippen LogP contribution in [0.2, 0.25) is 0 Å². The van der Waals surface area contributed by atoms with Crippen molar-refractivity contribution in [2.45, 2.75) is 24.5 Å². The van der Waals surface area contributed by atoms with Crippen LogP contribution in [0.5, 0.6) is 0 Å². The molecule has 0 aliphatic carbocycles. The minimum atomic E-state index is -1.27. The second kappa shape index (κ2) is 5.07. The minimum Gasteiger partial charge on any atom is -0.394 e. The van der Waals surface area contributed by atoms with Gasteiger partial charge in [0.1, 0.15) is 29.6 Å². The molecule has 10 heteroatoms. The van der Waals surface area contributed by atoms with Crippen LogP contribution in [0.25, 0.3) is 11.2 Å². The molecule has 0 aromatic carbocycles. The number of hydrogen-bond donors (Lipinski definition) is 5. The van der Waals surface area contributed by atoms with E-state index in [0.717, 1.165) is 0 Å². The Balaban J connectivity index is 2.10. The molecule has 0 radical (unpaired) electrons. The zero-order chi connectivity index (χ0) is 15.1. The van der Waals surface area contributed by atoms with E-state index in [-0.39, 0.29) is 5.65 Å². The molecule has 0 saturated carbocycles. The molecular weight excluding hydrogens is 282 g/mol. The molecule has 4 atom stereocenters. The zero-order valence-electron chi connectivity index (χ0n) is 11.1. The molecule has 2 aromatic rings. The maximum Gasteiger partial charge on any atom is 0.348 e. The van der Waals surface area contributed by atoms with Crippen molar-refractivity contribution < 1.29 is 20.1 Å². The van der Waals surface area contributed by atoms with E-state index in [0.29, 0.717) is 11.3 Å². The maximum absolute atomic E-state index is 11.6. The smallest absolute Gasteiger partial charge is 0.348 e. The summed E-state index contributed by atoms with van der Waals surface area (Å²) >= 11 is 0. The monoisotopic (exact) mass is 297 g/mol. The molecule has 2 aromatic heterocycles. The Kier molecular flexibility index (Phi) is 3.37. The summed E-state index contributed by atoms with van der Waals surface area (Å²) < 4.78 is 6.76. The van der Waals surface area contributed by atoms with E-state index in [1.807, 2.05) is 0 Å². The van der Waals surface area contributed by atoms with E-state index < -0.39 is 36.8 Å². The first-order valence-corrected chi connectivity index (χ1v) is 6.34. The number of nitrogens with zero attached hydrogens (tertiary/aromatic N) is 3. The van der Waals surface area contributed by atoms with E-state index in [2.05, 4.69) is 20.3 Å². The number of hydrogen-bond acceptors (Lipinski definition) is 8. The zero-order valence-corrected chi connectivity index (χ0v) is 11.1. The lowest BCUT2D eigenvalue weighted by Gasteiger charge is -2.16. The molecule has 1 fully saturated rings. The fourth-order valence-electron chi connectivity index (χ4n) is 2.41. The van der Waals surface area contributed by atoms with Crippen molar-refractivity contribution >= 4 is 17.0 Å². The SMILES string of the molecule is CNc1[nH]c(=O)nc2c1ncn2[C@@H]1O[C@H](CO)[C@@H](O)[C@H]1O. The van der Waals surface area contributed by atoms with Crippen LogP contribution >= 0.6 is 0 Å². The average Bonchev–Trinajstić information content (AvgIpc) is 3.01. The summed E-state index contributed by atoms with van der Waals surface area (Å²) in [5, 5.41) is 31.7. The van der Waals surface area contributed by atoms with Crippen LogP contribution in [0, 0.1) is 0 Å². The molecule has 1 aliphatic rings. The number of aliphatic hydroxyl groups is 3. The molecule has 114 valence electrons. The van der Waals surface area contributed by atoms with Crippen molar-refractivity contribution in [1.82, 2.24) is 19.5 Å². The van der Waals surface area contributed by atoms with Gasteiger partial charge < -0.3 is 25.4 Å². The second-order valence-corrected chi connectivity index (χ2v) is 4.72. The number of aliphatic hydroxyl groups excluding tert-OH is 3. The summed E-state index contributed by atoms with van der Waals surface area (Å²) in [6, 6.07) is 0. The number of aromatic nitrogens is 4. The number of fused-ring (bicyclic) bond motifs is 1. The predicted octanol–water partition coefficient (Wildman–Crippen LogP) is -2.23. The van der Waals surface area contributed by atoms with Gasteiger partial charge in [-0.2, -0.15) is 4.98 Å². The van der Waals surface area contributed by atoms with E-state index in [1.54, 1.807) is 7.05 Å². The van der Waals surface area contributed by atoms with Crippen LogP contribution in [-0.2, 0) is 4.74 Å². The van der Waals surface area contributed by atoms with Crippen molar-refractivity contribution in [2.24, 2.45) is 0 Å². The lowest BCUT2D eigenvalue weighted by atomic mass is 10.1. The van der Waals surface area contributed by atoms with Gasteiger partial charge in [0.05, 0.1) is 12.9 Å². The van der Waals surface area contributed by atoms with Gasteiger partial charge in [-0.3, -0.25) is 9.55 Å². The number of nitrogens with one attached hydrogen (secondary N) is 2. The molecular formula is C11H15N5O5. The molecule has 0 bridgehead atoms. The highest BCUT2D eigenvalue weighted by Gasteiger charge is 2.44. The van der Waals surface area contributed by atoms with Gasteiger partial charge in [-0.05, 0) is 0 Å². The van der Waals surface area contributed by atoms with Crippen molar-refractivity contribution in [3.05, 3.63) is 16.8 Å². The largest absolute Gasteiger partial charge is 0.394 e. The van der Waals surface area contributed by atoms with Gasteiger partial charge >= 0.3 is 5.69 Å². The van der Waals surface area contributed by atoms with E-state index in [1.165, 1.54) is 10.9 Å². The Morgan fingerprint density at radius 3 is 2.86 bits per heavy atom. The van der Waals surface area contributed by atoms with Gasteiger partial charge in [-0.25, -0.2) is 9.78 Å². The number of ether oxygens (including phenoxy) is 1. The number of imidazole rings is 1. The first-order valence-electron chi connectivity index (χ1n) is 6.34. The molecule has 1 saturated heterocycles. The van der Waals surface area contributed by atoms with E-state index in [4.69, 9.17) is 9.84 Å². The third-order valence-corrected chi connectivity index (χ3v) is 3.49. The highest BCUT2D eigenvalue weighted by Crippen LogP contribution is 2.31. The molecule has 10 nitrogen and oxygen atoms in total. The van der Waals surface area contributed by atoms with Gasteiger partial charge in [0.2, 0.25) is 0 Å². The van der Waals surface area contributed by atoms with Gasteiger partial charge in [-0.1, -0.05) is 0 Å². The van der Waals surface area contributed by atoms with Gasteiger partial charge in [0, 0.05) is 7.05 Å². The molecule has 1 aliphatic heterocycles. The summed E-state index contributed by atoms with van der Waals surface area (Å²) in [4.78, 5) is 22.0. The molecule has 21 heavy (non-hydrogen) atoms. The molecule has 0 unspecified atom stereocenters. The summed E-state index contributed by atoms with van der Waals surface area (Å²) in [6.07, 6.45) is -3.04. The standard InChI is InChI=1S/C11H15N5O5/c1-12-8-5-9(15-11(20)14-8)16(3-13-5)10-7(19)6(18)4(2-17)21-10/h3-4,6-7,10,17-19H,2H2,1H3,(H2,12,14,15,20)/t4-,6-,7-,10-/m1/s1. The Morgan fingerprint density at radius 2 is 2.24 bits per heavy atom. The number of H-pyrrole nitrogens is 1. The van der Waals surface area contributed by atoms with Crippen molar-refractivity contribution in [1.29, 1.82) is 0 Å². The lowest BCUT2D eigenvalue weighted by Crippen LogP contribution is -2.33. The molecule has 5 N–H and O–H groups in total. The number of anilines is 1.